The SMILES string of the molecule is CCCCNC(=O)c1ccc(NCCc2ccc(S(N)(=O)=O)cc2)nc1. The van der Waals surface area contributed by atoms with E-state index in [9.17, 15) is 13.2 Å². The number of aromatic nitrogens is 1. The van der Waals surface area contributed by atoms with Crippen LogP contribution in [0.4, 0.5) is 5.82 Å². The lowest BCUT2D eigenvalue weighted by Crippen LogP contribution is -2.24. The topological polar surface area (TPSA) is 114 Å². The third-order valence-corrected chi connectivity index (χ3v) is 4.74. The molecule has 0 aliphatic heterocycles. The molecule has 0 saturated carbocycles. The molecule has 7 nitrogen and oxygen atoms in total. The second-order valence-corrected chi connectivity index (χ2v) is 7.47. The molecule has 0 spiro atoms. The lowest BCUT2D eigenvalue weighted by atomic mass is 10.1. The van der Waals surface area contributed by atoms with Gasteiger partial charge in [-0.1, -0.05) is 25.5 Å². The molecule has 1 heterocycles. The molecule has 1 amide bonds. The summed E-state index contributed by atoms with van der Waals surface area (Å²) < 4.78 is 22.4. The van der Waals surface area contributed by atoms with E-state index >= 15 is 0 Å². The Bertz CT molecular complexity index is 819. The molecular formula is C18H24N4O3S. The van der Waals surface area contributed by atoms with Gasteiger partial charge < -0.3 is 10.6 Å². The van der Waals surface area contributed by atoms with Crippen molar-refractivity contribution in [3.05, 3.63) is 53.7 Å². The molecular weight excluding hydrogens is 352 g/mol. The number of hydrogen-bond donors (Lipinski definition) is 3. The number of amides is 1. The number of benzene rings is 1. The van der Waals surface area contributed by atoms with Crippen LogP contribution in [0.2, 0.25) is 0 Å². The maximum absolute atomic E-state index is 11.9. The Balaban J connectivity index is 1.82. The summed E-state index contributed by atoms with van der Waals surface area (Å²) in [6.45, 7) is 3.37. The number of carbonyl (C=O) groups is 1. The number of unbranched alkanes of at least 4 members (excludes halogenated alkanes) is 1. The molecule has 4 N–H and O–H groups in total. The number of pyridine rings is 1. The molecule has 1 aromatic heterocycles. The van der Waals surface area contributed by atoms with E-state index in [1.54, 1.807) is 30.5 Å². The molecule has 0 saturated heterocycles. The smallest absolute Gasteiger partial charge is 0.252 e. The van der Waals surface area contributed by atoms with E-state index in [1.165, 1.54) is 12.1 Å². The van der Waals surface area contributed by atoms with Crippen LogP contribution < -0.4 is 15.8 Å². The van der Waals surface area contributed by atoms with Gasteiger partial charge in [0.2, 0.25) is 10.0 Å². The van der Waals surface area contributed by atoms with Gasteiger partial charge in [-0.25, -0.2) is 18.5 Å². The minimum atomic E-state index is -3.66. The number of nitrogens with zero attached hydrogens (tertiary/aromatic N) is 1. The number of hydrogen-bond acceptors (Lipinski definition) is 5. The Morgan fingerprint density at radius 2 is 1.85 bits per heavy atom. The van der Waals surface area contributed by atoms with Crippen molar-refractivity contribution in [3.63, 3.8) is 0 Å². The second-order valence-electron chi connectivity index (χ2n) is 5.91. The molecule has 0 atom stereocenters. The molecule has 0 unspecified atom stereocenters. The van der Waals surface area contributed by atoms with Gasteiger partial charge in [-0.15, -0.1) is 0 Å². The van der Waals surface area contributed by atoms with Crippen molar-refractivity contribution in [2.24, 2.45) is 5.14 Å². The van der Waals surface area contributed by atoms with Crippen molar-refractivity contribution in [2.45, 2.75) is 31.1 Å². The summed E-state index contributed by atoms with van der Waals surface area (Å²) in [5, 5.41) is 11.1. The Morgan fingerprint density at radius 1 is 1.12 bits per heavy atom. The number of carbonyl (C=O) groups excluding carboxylic acids is 1. The number of sulfonamides is 1. The predicted octanol–water partition coefficient (Wildman–Crippen LogP) is 1.91. The monoisotopic (exact) mass is 376 g/mol. The molecule has 0 aliphatic rings. The lowest BCUT2D eigenvalue weighted by molar-refractivity contribution is 0.0953. The van der Waals surface area contributed by atoms with Crippen LogP contribution in [0.25, 0.3) is 0 Å². The van der Waals surface area contributed by atoms with Gasteiger partial charge >= 0.3 is 0 Å². The molecule has 0 fully saturated rings. The summed E-state index contributed by atoms with van der Waals surface area (Å²) in [6.07, 6.45) is 4.24. The van der Waals surface area contributed by atoms with Crippen LogP contribution in [0.1, 0.15) is 35.7 Å². The van der Waals surface area contributed by atoms with Gasteiger partial charge in [0.05, 0.1) is 10.5 Å². The zero-order chi connectivity index (χ0) is 19.0. The summed E-state index contributed by atoms with van der Waals surface area (Å²) in [7, 11) is -3.66. The van der Waals surface area contributed by atoms with E-state index < -0.39 is 10.0 Å². The van der Waals surface area contributed by atoms with Crippen molar-refractivity contribution in [3.8, 4) is 0 Å². The third-order valence-electron chi connectivity index (χ3n) is 3.81. The minimum Gasteiger partial charge on any atom is -0.370 e. The number of primary sulfonamides is 1. The van der Waals surface area contributed by atoms with Gasteiger partial charge in [-0.3, -0.25) is 4.79 Å². The maximum Gasteiger partial charge on any atom is 0.252 e. The Morgan fingerprint density at radius 3 is 2.42 bits per heavy atom. The van der Waals surface area contributed by atoms with Crippen LogP contribution in [0.15, 0.2) is 47.5 Å². The second kappa shape index (κ2) is 9.30. The van der Waals surface area contributed by atoms with Gasteiger partial charge in [0, 0.05) is 19.3 Å². The van der Waals surface area contributed by atoms with Crippen molar-refractivity contribution >= 4 is 21.7 Å². The van der Waals surface area contributed by atoms with Gasteiger partial charge in [0.25, 0.3) is 5.91 Å². The highest BCUT2D eigenvalue weighted by Gasteiger charge is 2.07. The molecule has 2 aromatic rings. The molecule has 0 aliphatic carbocycles. The van der Waals surface area contributed by atoms with Gasteiger partial charge in [-0.05, 0) is 42.7 Å². The first-order valence-electron chi connectivity index (χ1n) is 8.50. The average Bonchev–Trinajstić information content (AvgIpc) is 2.62. The van der Waals surface area contributed by atoms with E-state index in [2.05, 4.69) is 22.5 Å². The zero-order valence-corrected chi connectivity index (χ0v) is 15.6. The van der Waals surface area contributed by atoms with Crippen molar-refractivity contribution < 1.29 is 13.2 Å². The molecule has 8 heteroatoms. The van der Waals surface area contributed by atoms with E-state index in [4.69, 9.17) is 5.14 Å². The fraction of sp³-hybridized carbons (Fsp3) is 0.333. The number of rotatable bonds is 9. The Hall–Kier alpha value is -2.45. The summed E-state index contributed by atoms with van der Waals surface area (Å²) in [5.74, 6) is 0.559. The largest absolute Gasteiger partial charge is 0.370 e. The highest BCUT2D eigenvalue weighted by atomic mass is 32.2. The highest BCUT2D eigenvalue weighted by molar-refractivity contribution is 7.89. The first-order valence-corrected chi connectivity index (χ1v) is 10.0. The van der Waals surface area contributed by atoms with E-state index in [0.717, 1.165) is 18.4 Å². The van der Waals surface area contributed by atoms with E-state index in [-0.39, 0.29) is 10.8 Å². The standard InChI is InChI=1S/C18H24N4O3S/c1-2-3-11-21-18(23)15-6-9-17(22-13-15)20-12-10-14-4-7-16(8-5-14)26(19,24)25/h4-9,13H,2-3,10-12H2,1H3,(H,20,22)(H,21,23)(H2,19,24,25). The van der Waals surface area contributed by atoms with Crippen LogP contribution in [0.5, 0.6) is 0 Å². The van der Waals surface area contributed by atoms with E-state index in [0.29, 0.717) is 30.9 Å². The summed E-state index contributed by atoms with van der Waals surface area (Å²) in [5.41, 5.74) is 1.52. The number of nitrogens with one attached hydrogen (secondary N) is 2. The first-order chi connectivity index (χ1) is 12.4. The van der Waals surface area contributed by atoms with Crippen LogP contribution in [-0.4, -0.2) is 32.4 Å². The summed E-state index contributed by atoms with van der Waals surface area (Å²) in [6, 6.07) is 9.96. The number of nitrogens with two attached hydrogens (primary N) is 1. The lowest BCUT2D eigenvalue weighted by Gasteiger charge is -2.08. The fourth-order valence-corrected chi connectivity index (χ4v) is 2.81. The number of anilines is 1. The molecule has 140 valence electrons. The summed E-state index contributed by atoms with van der Waals surface area (Å²) >= 11 is 0. The average molecular weight is 376 g/mol. The van der Waals surface area contributed by atoms with Crippen LogP contribution >= 0.6 is 0 Å². The zero-order valence-electron chi connectivity index (χ0n) is 14.7. The van der Waals surface area contributed by atoms with Crippen LogP contribution in [-0.2, 0) is 16.4 Å². The summed E-state index contributed by atoms with van der Waals surface area (Å²) in [4.78, 5) is 16.2. The predicted molar refractivity (Wildman–Crippen MR) is 101 cm³/mol. The molecule has 1 aromatic carbocycles. The van der Waals surface area contributed by atoms with Crippen molar-refractivity contribution in [2.75, 3.05) is 18.4 Å². The van der Waals surface area contributed by atoms with Gasteiger partial charge in [-0.2, -0.15) is 0 Å². The van der Waals surface area contributed by atoms with Crippen LogP contribution in [0, 0.1) is 0 Å². The van der Waals surface area contributed by atoms with Crippen LogP contribution in [0.3, 0.4) is 0 Å². The molecule has 2 rings (SSSR count). The Kier molecular flexibility index (Phi) is 7.11. The quantitative estimate of drug-likeness (QED) is 0.579. The molecule has 26 heavy (non-hydrogen) atoms. The Labute approximate surface area is 154 Å². The molecule has 0 radical (unpaired) electrons. The fourth-order valence-electron chi connectivity index (χ4n) is 2.29. The normalized spacial score (nSPS) is 11.2. The van der Waals surface area contributed by atoms with Gasteiger partial charge in [0.1, 0.15) is 5.82 Å². The van der Waals surface area contributed by atoms with Gasteiger partial charge in [0.15, 0.2) is 0 Å². The van der Waals surface area contributed by atoms with E-state index in [1.807, 2.05) is 0 Å². The maximum atomic E-state index is 11.9. The first kappa shape index (κ1) is 19.9. The van der Waals surface area contributed by atoms with Crippen molar-refractivity contribution in [1.82, 2.24) is 10.3 Å². The third kappa shape index (κ3) is 6.12. The highest BCUT2D eigenvalue weighted by Crippen LogP contribution is 2.10. The molecule has 0 bridgehead atoms. The minimum absolute atomic E-state index is 0.101. The van der Waals surface area contributed by atoms with Crippen molar-refractivity contribution in [1.29, 1.82) is 0 Å².